The van der Waals surface area contributed by atoms with E-state index in [4.69, 9.17) is 11.6 Å². The van der Waals surface area contributed by atoms with Crippen LogP contribution >= 0.6 is 11.6 Å². The van der Waals surface area contributed by atoms with E-state index in [1.54, 1.807) is 0 Å². The molecule has 0 amide bonds. The summed E-state index contributed by atoms with van der Waals surface area (Å²) in [4.78, 5) is 6.63. The highest BCUT2D eigenvalue weighted by Gasteiger charge is 2.21. The molecule has 1 unspecified atom stereocenters. The van der Waals surface area contributed by atoms with Crippen molar-refractivity contribution in [1.29, 1.82) is 0 Å². The lowest BCUT2D eigenvalue weighted by Crippen LogP contribution is -2.20. The molecule has 0 bridgehead atoms. The molecule has 1 aliphatic heterocycles. The van der Waals surface area contributed by atoms with Gasteiger partial charge in [-0.15, -0.1) is 0 Å². The van der Waals surface area contributed by atoms with E-state index in [0.29, 0.717) is 5.15 Å². The third-order valence-corrected chi connectivity index (χ3v) is 3.10. The molecule has 1 saturated heterocycles. The number of halogens is 1. The predicted molar refractivity (Wildman–Crippen MR) is 59.9 cm³/mol. The lowest BCUT2D eigenvalue weighted by molar-refractivity contribution is 0.569. The molecule has 2 heterocycles. The average molecular weight is 211 g/mol. The largest absolute Gasteiger partial charge is 0.356 e. The quantitative estimate of drug-likeness (QED) is 0.698. The van der Waals surface area contributed by atoms with Gasteiger partial charge in [0.2, 0.25) is 0 Å². The molecule has 76 valence electrons. The fourth-order valence-electron chi connectivity index (χ4n) is 1.95. The minimum atomic E-state index is 0.586. The highest BCUT2D eigenvalue weighted by molar-refractivity contribution is 6.29. The summed E-state index contributed by atoms with van der Waals surface area (Å²) in [6, 6.07) is 5.81. The molecule has 0 aliphatic carbocycles. The van der Waals surface area contributed by atoms with Crippen LogP contribution in [0.1, 0.15) is 19.8 Å². The van der Waals surface area contributed by atoms with Crippen molar-refractivity contribution >= 4 is 17.4 Å². The van der Waals surface area contributed by atoms with Crippen LogP contribution in [0.2, 0.25) is 5.15 Å². The van der Waals surface area contributed by atoms with Crippen LogP contribution in [0.4, 0.5) is 5.82 Å². The van der Waals surface area contributed by atoms with E-state index in [1.807, 2.05) is 18.2 Å². The Hall–Kier alpha value is -0.760. The first-order valence-corrected chi connectivity index (χ1v) is 5.55. The maximum absolute atomic E-state index is 5.86. The molecular formula is C11H15ClN2. The highest BCUT2D eigenvalue weighted by atomic mass is 35.5. The summed E-state index contributed by atoms with van der Waals surface area (Å²) in [5, 5.41) is 0.586. The Labute approximate surface area is 89.9 Å². The van der Waals surface area contributed by atoms with Gasteiger partial charge in [-0.05, 0) is 24.5 Å². The van der Waals surface area contributed by atoms with Gasteiger partial charge in [0.1, 0.15) is 11.0 Å². The maximum atomic E-state index is 5.86. The fourth-order valence-corrected chi connectivity index (χ4v) is 2.11. The van der Waals surface area contributed by atoms with Crippen molar-refractivity contribution in [2.75, 3.05) is 18.0 Å². The SMILES string of the molecule is CCC1CCN(c2cccc(Cl)n2)C1. The Morgan fingerprint density at radius 2 is 2.43 bits per heavy atom. The molecule has 0 N–H and O–H groups in total. The molecule has 14 heavy (non-hydrogen) atoms. The minimum Gasteiger partial charge on any atom is -0.356 e. The highest BCUT2D eigenvalue weighted by Crippen LogP contribution is 2.24. The van der Waals surface area contributed by atoms with Crippen molar-refractivity contribution in [2.24, 2.45) is 5.92 Å². The zero-order valence-corrected chi connectivity index (χ0v) is 9.17. The summed E-state index contributed by atoms with van der Waals surface area (Å²) in [7, 11) is 0. The van der Waals surface area contributed by atoms with Gasteiger partial charge in [0, 0.05) is 13.1 Å². The molecule has 1 fully saturated rings. The summed E-state index contributed by atoms with van der Waals surface area (Å²) < 4.78 is 0. The number of hydrogen-bond acceptors (Lipinski definition) is 2. The summed E-state index contributed by atoms with van der Waals surface area (Å²) in [5.74, 6) is 1.85. The van der Waals surface area contributed by atoms with Crippen molar-refractivity contribution in [3.05, 3.63) is 23.4 Å². The molecular weight excluding hydrogens is 196 g/mol. The third-order valence-electron chi connectivity index (χ3n) is 2.89. The predicted octanol–water partition coefficient (Wildman–Crippen LogP) is 2.97. The molecule has 3 heteroatoms. The van der Waals surface area contributed by atoms with Crippen LogP contribution in [-0.2, 0) is 0 Å². The Kier molecular flexibility index (Phi) is 2.92. The summed E-state index contributed by atoms with van der Waals surface area (Å²) in [6.07, 6.45) is 2.54. The van der Waals surface area contributed by atoms with Gasteiger partial charge in [0.25, 0.3) is 0 Å². The van der Waals surface area contributed by atoms with Crippen LogP contribution in [-0.4, -0.2) is 18.1 Å². The Bertz CT molecular complexity index is 314. The van der Waals surface area contributed by atoms with E-state index in [1.165, 1.54) is 12.8 Å². The fraction of sp³-hybridized carbons (Fsp3) is 0.545. The van der Waals surface area contributed by atoms with E-state index in [-0.39, 0.29) is 0 Å². The molecule has 1 aromatic heterocycles. The van der Waals surface area contributed by atoms with E-state index >= 15 is 0 Å². The standard InChI is InChI=1S/C11H15ClN2/c1-2-9-6-7-14(8-9)11-5-3-4-10(12)13-11/h3-5,9H,2,6-8H2,1H3. The van der Waals surface area contributed by atoms with Crippen LogP contribution in [0.5, 0.6) is 0 Å². The lowest BCUT2D eigenvalue weighted by atomic mass is 10.1. The van der Waals surface area contributed by atoms with Crippen molar-refractivity contribution in [3.8, 4) is 0 Å². The summed E-state index contributed by atoms with van der Waals surface area (Å²) in [6.45, 7) is 4.50. The molecule has 1 aliphatic rings. The number of hydrogen-bond donors (Lipinski definition) is 0. The van der Waals surface area contributed by atoms with E-state index in [2.05, 4.69) is 16.8 Å². The molecule has 2 rings (SSSR count). The molecule has 0 spiro atoms. The van der Waals surface area contributed by atoms with Crippen LogP contribution in [0, 0.1) is 5.92 Å². The second-order valence-electron chi connectivity index (χ2n) is 3.83. The third kappa shape index (κ3) is 2.01. The lowest BCUT2D eigenvalue weighted by Gasteiger charge is -2.17. The first-order valence-electron chi connectivity index (χ1n) is 5.17. The normalized spacial score (nSPS) is 21.6. The van der Waals surface area contributed by atoms with Crippen molar-refractivity contribution in [1.82, 2.24) is 4.98 Å². The number of pyridine rings is 1. The number of nitrogens with zero attached hydrogens (tertiary/aromatic N) is 2. The topological polar surface area (TPSA) is 16.1 Å². The van der Waals surface area contributed by atoms with Crippen LogP contribution in [0.3, 0.4) is 0 Å². The maximum Gasteiger partial charge on any atom is 0.131 e. The van der Waals surface area contributed by atoms with Gasteiger partial charge < -0.3 is 4.90 Å². The average Bonchev–Trinajstić information content (AvgIpc) is 2.66. The molecule has 0 radical (unpaired) electrons. The zero-order valence-electron chi connectivity index (χ0n) is 8.41. The van der Waals surface area contributed by atoms with Gasteiger partial charge in [-0.25, -0.2) is 4.98 Å². The van der Waals surface area contributed by atoms with Crippen LogP contribution < -0.4 is 4.90 Å². The van der Waals surface area contributed by atoms with Gasteiger partial charge in [0.05, 0.1) is 0 Å². The molecule has 1 aromatic rings. The summed E-state index contributed by atoms with van der Waals surface area (Å²) >= 11 is 5.86. The van der Waals surface area contributed by atoms with E-state index in [0.717, 1.165) is 24.8 Å². The number of anilines is 1. The molecule has 2 nitrogen and oxygen atoms in total. The zero-order chi connectivity index (χ0) is 9.97. The first-order chi connectivity index (χ1) is 6.79. The number of rotatable bonds is 2. The summed E-state index contributed by atoms with van der Waals surface area (Å²) in [5.41, 5.74) is 0. The van der Waals surface area contributed by atoms with Crippen molar-refractivity contribution in [2.45, 2.75) is 19.8 Å². The van der Waals surface area contributed by atoms with Gasteiger partial charge in [-0.1, -0.05) is 31.0 Å². The second kappa shape index (κ2) is 4.18. The van der Waals surface area contributed by atoms with Gasteiger partial charge in [0.15, 0.2) is 0 Å². The first kappa shape index (κ1) is 9.78. The Morgan fingerprint density at radius 1 is 1.57 bits per heavy atom. The van der Waals surface area contributed by atoms with Crippen molar-refractivity contribution < 1.29 is 0 Å². The van der Waals surface area contributed by atoms with E-state index in [9.17, 15) is 0 Å². The minimum absolute atomic E-state index is 0.586. The molecule has 0 aromatic carbocycles. The van der Waals surface area contributed by atoms with E-state index < -0.39 is 0 Å². The van der Waals surface area contributed by atoms with Gasteiger partial charge in [-0.2, -0.15) is 0 Å². The monoisotopic (exact) mass is 210 g/mol. The molecule has 1 atom stereocenters. The van der Waals surface area contributed by atoms with Gasteiger partial charge >= 0.3 is 0 Å². The molecule has 0 saturated carbocycles. The van der Waals surface area contributed by atoms with Crippen LogP contribution in [0.25, 0.3) is 0 Å². The van der Waals surface area contributed by atoms with Crippen molar-refractivity contribution in [3.63, 3.8) is 0 Å². The van der Waals surface area contributed by atoms with Gasteiger partial charge in [-0.3, -0.25) is 0 Å². The second-order valence-corrected chi connectivity index (χ2v) is 4.21. The number of aromatic nitrogens is 1. The smallest absolute Gasteiger partial charge is 0.131 e. The van der Waals surface area contributed by atoms with Crippen LogP contribution in [0.15, 0.2) is 18.2 Å². The Balaban J connectivity index is 2.09. The Morgan fingerprint density at radius 3 is 3.07 bits per heavy atom.